The minimum absolute atomic E-state index is 0.168. The van der Waals surface area contributed by atoms with E-state index in [0.29, 0.717) is 26.1 Å². The maximum absolute atomic E-state index is 12.4. The van der Waals surface area contributed by atoms with E-state index in [9.17, 15) is 9.59 Å². The van der Waals surface area contributed by atoms with Crippen molar-refractivity contribution in [2.75, 3.05) is 32.7 Å². The minimum atomic E-state index is -0.216. The maximum atomic E-state index is 12.4. The molecule has 26 heavy (non-hydrogen) atoms. The smallest absolute Gasteiger partial charge is 0.320 e. The van der Waals surface area contributed by atoms with E-state index in [0.717, 1.165) is 30.0 Å². The molecule has 0 spiro atoms. The Kier molecular flexibility index (Phi) is 6.80. The lowest BCUT2D eigenvalue weighted by Gasteiger charge is -2.21. The van der Waals surface area contributed by atoms with Crippen LogP contribution in [0.5, 0.6) is 0 Å². The number of thiophene rings is 1. The van der Waals surface area contributed by atoms with Gasteiger partial charge in [0, 0.05) is 31.1 Å². The van der Waals surface area contributed by atoms with Gasteiger partial charge in [0.15, 0.2) is 0 Å². The number of hydrogen-bond donors (Lipinski definition) is 0. The van der Waals surface area contributed by atoms with Crippen LogP contribution in [-0.2, 0) is 27.4 Å². The summed E-state index contributed by atoms with van der Waals surface area (Å²) in [6.07, 6.45) is 1.35. The Morgan fingerprint density at radius 2 is 1.85 bits per heavy atom. The first-order valence-electron chi connectivity index (χ1n) is 8.93. The number of rotatable bonds is 6. The average molecular weight is 372 g/mol. The number of benzene rings is 1. The van der Waals surface area contributed by atoms with Gasteiger partial charge in [0.05, 0.1) is 13.0 Å². The number of ether oxygens (including phenoxy) is 1. The fourth-order valence-corrected chi connectivity index (χ4v) is 3.71. The molecule has 1 aromatic carbocycles. The van der Waals surface area contributed by atoms with Crippen molar-refractivity contribution in [3.63, 3.8) is 0 Å². The van der Waals surface area contributed by atoms with Crippen molar-refractivity contribution in [3.8, 4) is 0 Å². The lowest BCUT2D eigenvalue weighted by Crippen LogP contribution is -2.37. The predicted octanol–water partition coefficient (Wildman–Crippen LogP) is 2.57. The van der Waals surface area contributed by atoms with Gasteiger partial charge in [-0.1, -0.05) is 36.4 Å². The lowest BCUT2D eigenvalue weighted by atomic mass is 10.2. The molecule has 0 atom stereocenters. The number of esters is 1. The fraction of sp³-hybridized carbons (Fsp3) is 0.400. The predicted molar refractivity (Wildman–Crippen MR) is 102 cm³/mol. The molecule has 0 unspecified atom stereocenters. The zero-order valence-corrected chi connectivity index (χ0v) is 15.6. The van der Waals surface area contributed by atoms with Crippen LogP contribution in [0, 0.1) is 0 Å². The van der Waals surface area contributed by atoms with Gasteiger partial charge in [0.25, 0.3) is 0 Å². The number of amides is 1. The molecule has 1 saturated heterocycles. The van der Waals surface area contributed by atoms with Crippen molar-refractivity contribution < 1.29 is 14.3 Å². The quantitative estimate of drug-likeness (QED) is 0.732. The highest BCUT2D eigenvalue weighted by molar-refractivity contribution is 7.10. The summed E-state index contributed by atoms with van der Waals surface area (Å²) in [5.41, 5.74) is 0.988. The van der Waals surface area contributed by atoms with E-state index in [1.807, 2.05) is 52.7 Å². The third kappa shape index (κ3) is 5.68. The van der Waals surface area contributed by atoms with Crippen LogP contribution in [0.25, 0.3) is 0 Å². The summed E-state index contributed by atoms with van der Waals surface area (Å²) in [6.45, 7) is 3.51. The molecule has 1 aliphatic rings. The molecule has 5 nitrogen and oxygen atoms in total. The maximum Gasteiger partial charge on any atom is 0.320 e. The van der Waals surface area contributed by atoms with Crippen LogP contribution in [0.2, 0.25) is 0 Å². The molecular formula is C20H24N2O3S. The van der Waals surface area contributed by atoms with Gasteiger partial charge in [-0.05, 0) is 23.4 Å². The van der Waals surface area contributed by atoms with E-state index < -0.39 is 0 Å². The normalized spacial score (nSPS) is 15.5. The summed E-state index contributed by atoms with van der Waals surface area (Å²) in [5.74, 6) is -0.0480. The highest BCUT2D eigenvalue weighted by Crippen LogP contribution is 2.12. The Balaban J connectivity index is 1.41. The van der Waals surface area contributed by atoms with Gasteiger partial charge in [0.1, 0.15) is 6.61 Å². The van der Waals surface area contributed by atoms with Crippen molar-refractivity contribution in [2.24, 2.45) is 0 Å². The molecule has 0 saturated carbocycles. The Morgan fingerprint density at radius 1 is 1.00 bits per heavy atom. The Labute approximate surface area is 158 Å². The first-order chi connectivity index (χ1) is 12.7. The Morgan fingerprint density at radius 3 is 2.62 bits per heavy atom. The van der Waals surface area contributed by atoms with Crippen LogP contribution in [0.15, 0.2) is 47.8 Å². The number of hydrogen-bond acceptors (Lipinski definition) is 5. The first-order valence-corrected chi connectivity index (χ1v) is 9.81. The Hall–Kier alpha value is -2.18. The third-order valence-corrected chi connectivity index (χ3v) is 5.32. The molecular weight excluding hydrogens is 348 g/mol. The molecule has 1 aromatic heterocycles. The van der Waals surface area contributed by atoms with Crippen LogP contribution in [0.1, 0.15) is 16.9 Å². The van der Waals surface area contributed by atoms with Crippen LogP contribution in [-0.4, -0.2) is 54.4 Å². The summed E-state index contributed by atoms with van der Waals surface area (Å²) >= 11 is 1.61. The van der Waals surface area contributed by atoms with Gasteiger partial charge in [-0.2, -0.15) is 0 Å². The molecule has 0 bridgehead atoms. The molecule has 0 N–H and O–H groups in total. The summed E-state index contributed by atoms with van der Waals surface area (Å²) in [7, 11) is 0. The van der Waals surface area contributed by atoms with E-state index in [2.05, 4.69) is 4.90 Å². The van der Waals surface area contributed by atoms with E-state index in [4.69, 9.17) is 4.74 Å². The van der Waals surface area contributed by atoms with E-state index in [1.165, 1.54) is 0 Å². The van der Waals surface area contributed by atoms with Crippen LogP contribution < -0.4 is 0 Å². The number of nitrogens with zero attached hydrogens (tertiary/aromatic N) is 2. The SMILES string of the molecule is O=C(CN1CCCN(C(=O)Cc2cccs2)CC1)OCc1ccccc1. The van der Waals surface area contributed by atoms with Crippen molar-refractivity contribution in [1.29, 1.82) is 0 Å². The third-order valence-electron chi connectivity index (χ3n) is 4.44. The molecule has 2 aromatic rings. The average Bonchev–Trinajstić information content (AvgIpc) is 3.05. The highest BCUT2D eigenvalue weighted by Gasteiger charge is 2.21. The largest absolute Gasteiger partial charge is 0.460 e. The second kappa shape index (κ2) is 9.50. The molecule has 1 aliphatic heterocycles. The van der Waals surface area contributed by atoms with Gasteiger partial charge < -0.3 is 9.64 Å². The van der Waals surface area contributed by atoms with Gasteiger partial charge >= 0.3 is 5.97 Å². The second-order valence-electron chi connectivity index (χ2n) is 6.41. The van der Waals surface area contributed by atoms with Gasteiger partial charge in [-0.3, -0.25) is 14.5 Å². The van der Waals surface area contributed by atoms with E-state index >= 15 is 0 Å². The molecule has 138 valence electrons. The van der Waals surface area contributed by atoms with Gasteiger partial charge in [0.2, 0.25) is 5.91 Å². The molecule has 3 rings (SSSR count). The van der Waals surface area contributed by atoms with Crippen LogP contribution >= 0.6 is 11.3 Å². The first kappa shape index (κ1) is 18.6. The lowest BCUT2D eigenvalue weighted by molar-refractivity contribution is -0.146. The topological polar surface area (TPSA) is 49.9 Å². The molecule has 0 aliphatic carbocycles. The molecule has 6 heteroatoms. The monoisotopic (exact) mass is 372 g/mol. The standard InChI is InChI=1S/C20H24N2O3S/c23-19(14-18-8-4-13-26-18)22-10-5-9-21(11-12-22)15-20(24)25-16-17-6-2-1-3-7-17/h1-4,6-8,13H,5,9-12,14-16H2. The molecule has 2 heterocycles. The zero-order chi connectivity index (χ0) is 18.2. The summed E-state index contributed by atoms with van der Waals surface area (Å²) in [5, 5.41) is 1.99. The number of carbonyl (C=O) groups excluding carboxylic acids is 2. The fourth-order valence-electron chi connectivity index (χ4n) is 3.02. The molecule has 0 radical (unpaired) electrons. The van der Waals surface area contributed by atoms with Crippen LogP contribution in [0.4, 0.5) is 0 Å². The van der Waals surface area contributed by atoms with Gasteiger partial charge in [-0.15, -0.1) is 11.3 Å². The minimum Gasteiger partial charge on any atom is -0.460 e. The number of carbonyl (C=O) groups is 2. The zero-order valence-electron chi connectivity index (χ0n) is 14.8. The summed E-state index contributed by atoms with van der Waals surface area (Å²) in [6, 6.07) is 13.6. The Bertz CT molecular complexity index is 703. The van der Waals surface area contributed by atoms with Gasteiger partial charge in [-0.25, -0.2) is 0 Å². The summed E-state index contributed by atoms with van der Waals surface area (Å²) < 4.78 is 5.36. The van der Waals surface area contributed by atoms with Crippen molar-refractivity contribution in [2.45, 2.75) is 19.4 Å². The van der Waals surface area contributed by atoms with Crippen molar-refractivity contribution in [3.05, 3.63) is 58.3 Å². The van der Waals surface area contributed by atoms with Crippen molar-refractivity contribution in [1.82, 2.24) is 9.80 Å². The van der Waals surface area contributed by atoms with E-state index in [1.54, 1.807) is 11.3 Å². The van der Waals surface area contributed by atoms with Crippen LogP contribution in [0.3, 0.4) is 0 Å². The van der Waals surface area contributed by atoms with Crippen molar-refractivity contribution >= 4 is 23.2 Å². The summed E-state index contributed by atoms with van der Waals surface area (Å²) in [4.78, 5) is 29.6. The second-order valence-corrected chi connectivity index (χ2v) is 7.45. The molecule has 1 amide bonds. The highest BCUT2D eigenvalue weighted by atomic mass is 32.1. The van der Waals surface area contributed by atoms with E-state index in [-0.39, 0.29) is 18.4 Å². The molecule has 1 fully saturated rings.